The Morgan fingerprint density at radius 2 is 2.12 bits per heavy atom. The number of piperidine rings is 1. The lowest BCUT2D eigenvalue weighted by Gasteiger charge is -2.43. The van der Waals surface area contributed by atoms with E-state index in [1.165, 1.54) is 25.7 Å². The number of likely N-dealkylation sites (tertiary alicyclic amines) is 1. The molecule has 2 unspecified atom stereocenters. The van der Waals surface area contributed by atoms with Gasteiger partial charge in [0.05, 0.1) is 5.92 Å². The minimum absolute atomic E-state index is 0. The first-order chi connectivity index (χ1) is 7.74. The van der Waals surface area contributed by atoms with Crippen LogP contribution < -0.4 is 5.32 Å². The highest BCUT2D eigenvalue weighted by atomic mass is 35.5. The largest absolute Gasteiger partial charge is 0.339 e. The van der Waals surface area contributed by atoms with Crippen LogP contribution in [0.2, 0.25) is 0 Å². The summed E-state index contributed by atoms with van der Waals surface area (Å²) in [6.07, 6.45) is 4.83. The third-order valence-corrected chi connectivity index (χ3v) is 4.11. The number of hydrogen-bond donors (Lipinski definition) is 1. The number of amides is 1. The minimum Gasteiger partial charge on any atom is -0.339 e. The Balaban J connectivity index is 0.00000144. The fourth-order valence-corrected chi connectivity index (χ4v) is 2.96. The van der Waals surface area contributed by atoms with E-state index in [1.54, 1.807) is 0 Å². The molecule has 0 bridgehead atoms. The van der Waals surface area contributed by atoms with E-state index in [4.69, 9.17) is 0 Å². The predicted octanol–water partition coefficient (Wildman–Crippen LogP) is 2.05. The molecule has 2 aliphatic heterocycles. The molecular formula is C13H25ClN2O. The Morgan fingerprint density at radius 1 is 1.41 bits per heavy atom. The van der Waals surface area contributed by atoms with Gasteiger partial charge in [0.15, 0.2) is 0 Å². The lowest BCUT2D eigenvalue weighted by atomic mass is 9.86. The lowest BCUT2D eigenvalue weighted by Crippen LogP contribution is -2.56. The minimum atomic E-state index is 0. The molecule has 0 aromatic heterocycles. The quantitative estimate of drug-likeness (QED) is 0.843. The summed E-state index contributed by atoms with van der Waals surface area (Å²) in [5.41, 5.74) is 0. The van der Waals surface area contributed by atoms with Gasteiger partial charge in [-0.05, 0) is 25.2 Å². The molecule has 0 aromatic carbocycles. The van der Waals surface area contributed by atoms with Gasteiger partial charge < -0.3 is 10.2 Å². The molecule has 2 atom stereocenters. The van der Waals surface area contributed by atoms with Crippen molar-refractivity contribution in [3.05, 3.63) is 0 Å². The molecular weight excluding hydrogens is 236 g/mol. The standard InChI is InChI=1S/C13H24N2O.ClH/c1-3-5-12-10(2)6-4-7-15(12)13(16)11-8-14-9-11;/h10-12,14H,3-9H2,1-2H3;1H. The molecule has 0 aromatic rings. The third kappa shape index (κ3) is 3.14. The van der Waals surface area contributed by atoms with Gasteiger partial charge in [-0.25, -0.2) is 0 Å². The summed E-state index contributed by atoms with van der Waals surface area (Å²) in [4.78, 5) is 14.5. The van der Waals surface area contributed by atoms with Gasteiger partial charge in [0.25, 0.3) is 0 Å². The van der Waals surface area contributed by atoms with Crippen molar-refractivity contribution in [3.63, 3.8) is 0 Å². The topological polar surface area (TPSA) is 32.3 Å². The van der Waals surface area contributed by atoms with Crippen molar-refractivity contribution >= 4 is 18.3 Å². The zero-order valence-corrected chi connectivity index (χ0v) is 11.8. The summed E-state index contributed by atoms with van der Waals surface area (Å²) < 4.78 is 0. The first-order valence-corrected chi connectivity index (χ1v) is 6.75. The van der Waals surface area contributed by atoms with Gasteiger partial charge in [0.2, 0.25) is 5.91 Å². The first kappa shape index (κ1) is 14.8. The van der Waals surface area contributed by atoms with Crippen molar-refractivity contribution in [1.82, 2.24) is 10.2 Å². The Bertz CT molecular complexity index is 256. The van der Waals surface area contributed by atoms with Crippen LogP contribution in [0.1, 0.15) is 39.5 Å². The number of carbonyl (C=O) groups excluding carboxylic acids is 1. The number of hydrogen-bond acceptors (Lipinski definition) is 2. The van der Waals surface area contributed by atoms with E-state index < -0.39 is 0 Å². The normalized spacial score (nSPS) is 29.4. The van der Waals surface area contributed by atoms with Crippen LogP contribution in [0.4, 0.5) is 0 Å². The highest BCUT2D eigenvalue weighted by molar-refractivity contribution is 5.85. The van der Waals surface area contributed by atoms with Gasteiger partial charge in [0.1, 0.15) is 0 Å². The third-order valence-electron chi connectivity index (χ3n) is 4.11. The molecule has 100 valence electrons. The van der Waals surface area contributed by atoms with Crippen LogP contribution >= 0.6 is 12.4 Å². The van der Waals surface area contributed by atoms with Crippen LogP contribution in [0.25, 0.3) is 0 Å². The molecule has 17 heavy (non-hydrogen) atoms. The first-order valence-electron chi connectivity index (χ1n) is 6.75. The smallest absolute Gasteiger partial charge is 0.228 e. The SMILES string of the molecule is CCCC1C(C)CCCN1C(=O)C1CNC1.Cl. The summed E-state index contributed by atoms with van der Waals surface area (Å²) in [6.45, 7) is 7.29. The Labute approximate surface area is 111 Å². The second-order valence-electron chi connectivity index (χ2n) is 5.36. The van der Waals surface area contributed by atoms with Crippen LogP contribution in [0.3, 0.4) is 0 Å². The second-order valence-corrected chi connectivity index (χ2v) is 5.36. The van der Waals surface area contributed by atoms with E-state index >= 15 is 0 Å². The fraction of sp³-hybridized carbons (Fsp3) is 0.923. The van der Waals surface area contributed by atoms with E-state index in [-0.39, 0.29) is 18.3 Å². The summed E-state index contributed by atoms with van der Waals surface area (Å²) in [6, 6.07) is 0.506. The van der Waals surface area contributed by atoms with Crippen molar-refractivity contribution in [2.75, 3.05) is 19.6 Å². The molecule has 0 aliphatic carbocycles. The van der Waals surface area contributed by atoms with Crippen molar-refractivity contribution in [2.24, 2.45) is 11.8 Å². The average Bonchev–Trinajstić information content (AvgIpc) is 2.18. The summed E-state index contributed by atoms with van der Waals surface area (Å²) in [7, 11) is 0. The summed E-state index contributed by atoms with van der Waals surface area (Å²) in [5, 5.41) is 3.19. The van der Waals surface area contributed by atoms with Crippen LogP contribution in [-0.2, 0) is 4.79 Å². The van der Waals surface area contributed by atoms with Gasteiger partial charge in [-0.3, -0.25) is 4.79 Å². The second kappa shape index (κ2) is 6.60. The van der Waals surface area contributed by atoms with Gasteiger partial charge in [-0.2, -0.15) is 0 Å². The molecule has 2 aliphatic rings. The molecule has 2 saturated heterocycles. The van der Waals surface area contributed by atoms with E-state index in [0.29, 0.717) is 17.9 Å². The highest BCUT2D eigenvalue weighted by Crippen LogP contribution is 2.28. The van der Waals surface area contributed by atoms with Gasteiger partial charge in [0, 0.05) is 25.7 Å². The van der Waals surface area contributed by atoms with E-state index in [1.807, 2.05) is 0 Å². The fourth-order valence-electron chi connectivity index (χ4n) is 2.96. The highest BCUT2D eigenvalue weighted by Gasteiger charge is 2.36. The zero-order chi connectivity index (χ0) is 11.5. The Morgan fingerprint density at radius 3 is 2.65 bits per heavy atom. The van der Waals surface area contributed by atoms with Crippen molar-refractivity contribution in [2.45, 2.75) is 45.6 Å². The number of nitrogens with zero attached hydrogens (tertiary/aromatic N) is 1. The van der Waals surface area contributed by atoms with Crippen LogP contribution in [0, 0.1) is 11.8 Å². The molecule has 1 amide bonds. The maximum absolute atomic E-state index is 12.3. The van der Waals surface area contributed by atoms with Crippen LogP contribution in [0.5, 0.6) is 0 Å². The summed E-state index contributed by atoms with van der Waals surface area (Å²) >= 11 is 0. The van der Waals surface area contributed by atoms with Crippen molar-refractivity contribution < 1.29 is 4.79 Å². The molecule has 0 spiro atoms. The van der Waals surface area contributed by atoms with E-state index in [9.17, 15) is 4.79 Å². The van der Waals surface area contributed by atoms with Crippen molar-refractivity contribution in [1.29, 1.82) is 0 Å². The molecule has 2 heterocycles. The van der Waals surface area contributed by atoms with Crippen LogP contribution in [-0.4, -0.2) is 36.5 Å². The van der Waals surface area contributed by atoms with E-state index in [0.717, 1.165) is 19.6 Å². The Hall–Kier alpha value is -0.280. The molecule has 1 N–H and O–H groups in total. The molecule has 4 heteroatoms. The van der Waals surface area contributed by atoms with Crippen molar-refractivity contribution in [3.8, 4) is 0 Å². The van der Waals surface area contributed by atoms with Gasteiger partial charge >= 0.3 is 0 Å². The molecule has 2 fully saturated rings. The number of carbonyl (C=O) groups is 1. The molecule has 0 radical (unpaired) electrons. The monoisotopic (exact) mass is 260 g/mol. The maximum atomic E-state index is 12.3. The van der Waals surface area contributed by atoms with Gasteiger partial charge in [-0.1, -0.05) is 20.3 Å². The zero-order valence-electron chi connectivity index (χ0n) is 10.9. The maximum Gasteiger partial charge on any atom is 0.228 e. The van der Waals surface area contributed by atoms with Crippen LogP contribution in [0.15, 0.2) is 0 Å². The lowest BCUT2D eigenvalue weighted by molar-refractivity contribution is -0.142. The number of rotatable bonds is 3. The molecule has 2 rings (SSSR count). The van der Waals surface area contributed by atoms with E-state index in [2.05, 4.69) is 24.1 Å². The Kier molecular flexibility index (Phi) is 5.74. The molecule has 3 nitrogen and oxygen atoms in total. The number of halogens is 1. The average molecular weight is 261 g/mol. The van der Waals surface area contributed by atoms with Gasteiger partial charge in [-0.15, -0.1) is 12.4 Å². The molecule has 0 saturated carbocycles. The predicted molar refractivity (Wildman–Crippen MR) is 72.4 cm³/mol. The number of nitrogens with one attached hydrogen (secondary N) is 1. The summed E-state index contributed by atoms with van der Waals surface area (Å²) in [5.74, 6) is 1.36.